The van der Waals surface area contributed by atoms with Gasteiger partial charge in [0.2, 0.25) is 0 Å². The summed E-state index contributed by atoms with van der Waals surface area (Å²) in [6.07, 6.45) is 13.6. The molecule has 2 atom stereocenters. The summed E-state index contributed by atoms with van der Waals surface area (Å²) in [4.78, 5) is 0. The van der Waals surface area contributed by atoms with Gasteiger partial charge in [0.15, 0.2) is 11.6 Å². The summed E-state index contributed by atoms with van der Waals surface area (Å²) in [6.45, 7) is 8.93. The summed E-state index contributed by atoms with van der Waals surface area (Å²) in [5.41, 5.74) is 9.16. The van der Waals surface area contributed by atoms with Crippen molar-refractivity contribution in [2.75, 3.05) is 0 Å². The molecule has 0 bridgehead atoms. The van der Waals surface area contributed by atoms with E-state index in [4.69, 9.17) is 0 Å². The number of fused-ring (bicyclic) bond motifs is 1. The van der Waals surface area contributed by atoms with E-state index in [1.54, 1.807) is 24.3 Å². The number of unbranched alkanes of at least 4 members (excludes halogenated alkanes) is 2. The van der Waals surface area contributed by atoms with Gasteiger partial charge in [-0.1, -0.05) is 128 Å². The topological polar surface area (TPSA) is 75.2 Å². The van der Waals surface area contributed by atoms with Gasteiger partial charge < -0.3 is 0 Å². The third-order valence-electron chi connectivity index (χ3n) is 11.1. The normalized spacial score (nSPS) is 12.9. The lowest BCUT2D eigenvalue weighted by Gasteiger charge is -2.14. The van der Waals surface area contributed by atoms with Crippen molar-refractivity contribution >= 4 is 45.5 Å². The van der Waals surface area contributed by atoms with Crippen molar-refractivity contribution in [1.82, 2.24) is 8.75 Å². The molecular weight excluding hydrogens is 731 g/mol. The molecule has 9 heteroatoms. The van der Waals surface area contributed by atoms with E-state index in [0.29, 0.717) is 23.2 Å². The van der Waals surface area contributed by atoms with Crippen molar-refractivity contribution in [3.05, 3.63) is 120 Å². The Morgan fingerprint density at radius 3 is 1.30 bits per heavy atom. The first-order valence-electron chi connectivity index (χ1n) is 20.7. The monoisotopic (exact) mass is 784 g/mol. The predicted molar refractivity (Wildman–Crippen MR) is 233 cm³/mol. The fourth-order valence-electron chi connectivity index (χ4n) is 7.38. The van der Waals surface area contributed by atoms with Crippen LogP contribution in [0.3, 0.4) is 0 Å². The van der Waals surface area contributed by atoms with Gasteiger partial charge in [-0.25, -0.2) is 8.78 Å². The maximum atomic E-state index is 14.9. The molecule has 0 aliphatic rings. The zero-order valence-electron chi connectivity index (χ0n) is 33.7. The maximum absolute atomic E-state index is 14.9. The molecule has 5 aromatic carbocycles. The van der Waals surface area contributed by atoms with Gasteiger partial charge in [-0.2, -0.15) is 19.0 Å². The van der Waals surface area contributed by atoms with Crippen LogP contribution in [0.2, 0.25) is 0 Å². The Bertz CT molecular complexity index is 2090. The number of aryl methyl sites for hydroxylation is 2. The van der Waals surface area contributed by atoms with Crippen molar-refractivity contribution in [3.63, 3.8) is 0 Å². The van der Waals surface area contributed by atoms with E-state index in [9.17, 15) is 8.78 Å². The Balaban J connectivity index is 1.08. The van der Waals surface area contributed by atoms with E-state index >= 15 is 0 Å². The summed E-state index contributed by atoms with van der Waals surface area (Å²) >= 11 is 1.17. The highest BCUT2D eigenvalue weighted by Gasteiger charge is 2.15. The first kappa shape index (κ1) is 41.6. The van der Waals surface area contributed by atoms with E-state index in [2.05, 4.69) is 56.9 Å². The number of azo groups is 2. The Morgan fingerprint density at radius 2 is 0.930 bits per heavy atom. The van der Waals surface area contributed by atoms with Crippen molar-refractivity contribution in [1.29, 1.82) is 0 Å². The molecule has 0 radical (unpaired) electrons. The third kappa shape index (κ3) is 11.3. The van der Waals surface area contributed by atoms with Gasteiger partial charge >= 0.3 is 0 Å². The first-order valence-corrected chi connectivity index (χ1v) is 21.5. The molecule has 0 spiro atoms. The molecule has 0 N–H and O–H groups in total. The van der Waals surface area contributed by atoms with Crippen molar-refractivity contribution in [2.24, 2.45) is 32.3 Å². The second kappa shape index (κ2) is 20.9. The SMILES string of the molecule is CCCCC(CC)CCc1ccc(N=Nc2ccc(-c3ccc(-c4ccc(N=Nc5ccc(CCC(CC)CCCC)cc5F)cc4)c4nsnc34)cc2)c(F)c1. The van der Waals surface area contributed by atoms with Crippen LogP contribution in [-0.4, -0.2) is 8.75 Å². The highest BCUT2D eigenvalue weighted by Crippen LogP contribution is 2.36. The van der Waals surface area contributed by atoms with Crippen LogP contribution in [0.5, 0.6) is 0 Å². The average Bonchev–Trinajstić information content (AvgIpc) is 3.74. The molecule has 2 unspecified atom stereocenters. The van der Waals surface area contributed by atoms with E-state index in [0.717, 1.165) is 82.9 Å². The van der Waals surface area contributed by atoms with E-state index in [-0.39, 0.29) is 23.0 Å². The minimum absolute atomic E-state index is 0.232. The van der Waals surface area contributed by atoms with Crippen LogP contribution in [-0.2, 0) is 12.8 Å². The van der Waals surface area contributed by atoms with E-state index in [1.165, 1.54) is 50.3 Å². The molecular formula is C48H54F2N6S. The fraction of sp³-hybridized carbons (Fsp3) is 0.375. The number of halogens is 2. The highest BCUT2D eigenvalue weighted by molar-refractivity contribution is 7.00. The van der Waals surface area contributed by atoms with Gasteiger partial charge in [0.25, 0.3) is 0 Å². The van der Waals surface area contributed by atoms with E-state index in [1.807, 2.05) is 72.8 Å². The predicted octanol–water partition coefficient (Wildman–Crippen LogP) is 16.4. The largest absolute Gasteiger partial charge is 0.205 e. The molecule has 0 saturated carbocycles. The van der Waals surface area contributed by atoms with Crippen LogP contribution in [0.15, 0.2) is 118 Å². The third-order valence-corrected chi connectivity index (χ3v) is 11.6. The summed E-state index contributed by atoms with van der Waals surface area (Å²) in [7, 11) is 0. The van der Waals surface area contributed by atoms with Gasteiger partial charge in [-0.3, -0.25) is 0 Å². The molecule has 6 rings (SSSR count). The number of benzene rings is 5. The van der Waals surface area contributed by atoms with Crippen LogP contribution in [0, 0.1) is 23.5 Å². The molecule has 0 fully saturated rings. The summed E-state index contributed by atoms with van der Waals surface area (Å²) in [5, 5.41) is 17.1. The number of aromatic nitrogens is 2. The molecule has 6 nitrogen and oxygen atoms in total. The van der Waals surface area contributed by atoms with Gasteiger partial charge in [0.05, 0.1) is 23.1 Å². The molecule has 6 aromatic rings. The molecule has 1 aromatic heterocycles. The van der Waals surface area contributed by atoms with Crippen LogP contribution >= 0.6 is 11.7 Å². The quantitative estimate of drug-likeness (QED) is 0.0723. The summed E-state index contributed by atoms with van der Waals surface area (Å²) in [5.74, 6) is 0.671. The second-order valence-electron chi connectivity index (χ2n) is 15.1. The van der Waals surface area contributed by atoms with E-state index < -0.39 is 0 Å². The molecule has 0 amide bonds. The minimum Gasteiger partial charge on any atom is -0.205 e. The molecule has 0 aliphatic carbocycles. The number of hydrogen-bond donors (Lipinski definition) is 0. The Labute approximate surface area is 340 Å². The fourth-order valence-corrected chi connectivity index (χ4v) is 7.95. The van der Waals surface area contributed by atoms with Crippen LogP contribution in [0.25, 0.3) is 33.3 Å². The Kier molecular flexibility index (Phi) is 15.3. The van der Waals surface area contributed by atoms with Crippen molar-refractivity contribution < 1.29 is 8.78 Å². The second-order valence-corrected chi connectivity index (χ2v) is 15.6. The van der Waals surface area contributed by atoms with Crippen LogP contribution in [0.4, 0.5) is 31.5 Å². The molecule has 296 valence electrons. The Morgan fingerprint density at radius 1 is 0.509 bits per heavy atom. The molecule has 57 heavy (non-hydrogen) atoms. The molecule has 1 heterocycles. The lowest BCUT2D eigenvalue weighted by molar-refractivity contribution is 0.421. The lowest BCUT2D eigenvalue weighted by Crippen LogP contribution is -2.01. The maximum Gasteiger partial charge on any atom is 0.150 e. The first-order chi connectivity index (χ1) is 27.9. The highest BCUT2D eigenvalue weighted by atomic mass is 32.1. The zero-order chi connectivity index (χ0) is 40.0. The zero-order valence-corrected chi connectivity index (χ0v) is 34.5. The summed E-state index contributed by atoms with van der Waals surface area (Å²) in [6, 6.07) is 30.0. The van der Waals surface area contributed by atoms with Crippen LogP contribution in [0.1, 0.15) is 103 Å². The average molecular weight is 785 g/mol. The van der Waals surface area contributed by atoms with Gasteiger partial charge in [0, 0.05) is 11.1 Å². The molecule has 0 saturated heterocycles. The number of hydrogen-bond acceptors (Lipinski definition) is 7. The smallest absolute Gasteiger partial charge is 0.150 e. The van der Waals surface area contributed by atoms with Gasteiger partial charge in [-0.15, -0.1) is 10.2 Å². The minimum atomic E-state index is -0.350. The van der Waals surface area contributed by atoms with Gasteiger partial charge in [-0.05, 0) is 108 Å². The van der Waals surface area contributed by atoms with Crippen LogP contribution < -0.4 is 0 Å². The lowest BCUT2D eigenvalue weighted by atomic mass is 9.92. The van der Waals surface area contributed by atoms with Crippen molar-refractivity contribution in [2.45, 2.75) is 105 Å². The number of nitrogens with zero attached hydrogens (tertiary/aromatic N) is 6. The number of rotatable bonds is 20. The van der Waals surface area contributed by atoms with Crippen molar-refractivity contribution in [3.8, 4) is 22.3 Å². The molecule has 0 aliphatic heterocycles. The standard InChI is InChI=1S/C48H54F2N6S/c1-5-9-11-33(7-3)13-15-35-17-29-45(43(49)31-35)53-51-39-23-19-37(20-24-39)41-27-28-42(48-47(41)55-57-56-48)38-21-25-40(26-22-38)52-54-46-30-18-36(32-44(46)50)16-14-34(8-4)12-10-6-2/h17-34H,5-16H2,1-4H3. The summed E-state index contributed by atoms with van der Waals surface area (Å²) < 4.78 is 39.2. The Hall–Kier alpha value is -5.02. The van der Waals surface area contributed by atoms with Gasteiger partial charge in [0.1, 0.15) is 22.4 Å².